The summed E-state index contributed by atoms with van der Waals surface area (Å²) >= 11 is 11.7. The average Bonchev–Trinajstić information content (AvgIpc) is 2.23. The molecule has 1 aromatic carbocycles. The fraction of sp³-hybridized carbons (Fsp3) is 0.500. The van der Waals surface area contributed by atoms with E-state index in [0.717, 1.165) is 0 Å². The van der Waals surface area contributed by atoms with Crippen molar-refractivity contribution in [2.45, 2.75) is 12.6 Å². The Hall–Kier alpha value is -0.520. The standard InChI is InChI=1S/C12H18Cl2N2O2/c1-16(2)7-10(17)6-15-5-8-3-9(13)4-11(14)12(8)18/h3-4,10,15,17-18H,5-7H2,1-2H3. The molecule has 1 unspecified atom stereocenters. The fourth-order valence-electron chi connectivity index (χ4n) is 1.61. The zero-order chi connectivity index (χ0) is 13.7. The molecule has 0 spiro atoms. The first-order chi connectivity index (χ1) is 8.40. The van der Waals surface area contributed by atoms with Crippen LogP contribution in [0.15, 0.2) is 12.1 Å². The molecule has 0 saturated carbocycles. The van der Waals surface area contributed by atoms with Gasteiger partial charge in [-0.2, -0.15) is 0 Å². The van der Waals surface area contributed by atoms with Gasteiger partial charge in [-0.25, -0.2) is 0 Å². The van der Waals surface area contributed by atoms with E-state index in [4.69, 9.17) is 23.2 Å². The number of nitrogens with one attached hydrogen (secondary N) is 1. The van der Waals surface area contributed by atoms with Gasteiger partial charge < -0.3 is 20.4 Å². The Bertz CT molecular complexity index is 400. The van der Waals surface area contributed by atoms with Crippen molar-refractivity contribution in [1.82, 2.24) is 10.2 Å². The summed E-state index contributed by atoms with van der Waals surface area (Å²) in [6.45, 7) is 1.41. The zero-order valence-electron chi connectivity index (χ0n) is 10.5. The molecule has 0 aliphatic heterocycles. The summed E-state index contributed by atoms with van der Waals surface area (Å²) in [5.41, 5.74) is 0.615. The highest BCUT2D eigenvalue weighted by Crippen LogP contribution is 2.30. The van der Waals surface area contributed by atoms with Gasteiger partial charge in [0.2, 0.25) is 0 Å². The number of aromatic hydroxyl groups is 1. The number of aliphatic hydroxyl groups excluding tert-OH is 1. The predicted octanol–water partition coefficient (Wildman–Crippen LogP) is 1.71. The molecule has 0 radical (unpaired) electrons. The summed E-state index contributed by atoms with van der Waals surface area (Å²) in [5.74, 6) is 0.0238. The highest BCUT2D eigenvalue weighted by molar-refractivity contribution is 6.35. The van der Waals surface area contributed by atoms with Crippen molar-refractivity contribution in [3.63, 3.8) is 0 Å². The number of benzene rings is 1. The summed E-state index contributed by atoms with van der Waals surface area (Å²) in [7, 11) is 3.79. The highest BCUT2D eigenvalue weighted by atomic mass is 35.5. The monoisotopic (exact) mass is 292 g/mol. The SMILES string of the molecule is CN(C)CC(O)CNCc1cc(Cl)cc(Cl)c1O. The number of likely N-dealkylation sites (N-methyl/N-ethyl adjacent to an activating group) is 1. The van der Waals surface area contributed by atoms with Crippen LogP contribution in [-0.4, -0.2) is 48.4 Å². The van der Waals surface area contributed by atoms with E-state index in [1.807, 2.05) is 19.0 Å². The van der Waals surface area contributed by atoms with Gasteiger partial charge in [0.15, 0.2) is 0 Å². The molecule has 102 valence electrons. The van der Waals surface area contributed by atoms with Crippen LogP contribution in [0.25, 0.3) is 0 Å². The third kappa shape index (κ3) is 5.00. The third-order valence-corrected chi connectivity index (χ3v) is 2.88. The van der Waals surface area contributed by atoms with Crippen LogP contribution in [-0.2, 0) is 6.54 Å². The van der Waals surface area contributed by atoms with Gasteiger partial charge in [-0.05, 0) is 26.2 Å². The Kier molecular flexibility index (Phi) is 6.18. The molecule has 0 aliphatic carbocycles. The largest absolute Gasteiger partial charge is 0.506 e. The van der Waals surface area contributed by atoms with Crippen molar-refractivity contribution in [3.05, 3.63) is 27.7 Å². The van der Waals surface area contributed by atoms with Crippen LogP contribution in [0.3, 0.4) is 0 Å². The molecule has 3 N–H and O–H groups in total. The second-order valence-electron chi connectivity index (χ2n) is 4.44. The molecule has 0 aromatic heterocycles. The first-order valence-corrected chi connectivity index (χ1v) is 6.36. The Labute approximate surface area is 117 Å². The van der Waals surface area contributed by atoms with Crippen molar-refractivity contribution in [1.29, 1.82) is 0 Å². The predicted molar refractivity (Wildman–Crippen MR) is 74.4 cm³/mol. The minimum absolute atomic E-state index is 0.0238. The van der Waals surface area contributed by atoms with E-state index in [-0.39, 0.29) is 10.8 Å². The van der Waals surface area contributed by atoms with E-state index in [9.17, 15) is 10.2 Å². The second-order valence-corrected chi connectivity index (χ2v) is 5.29. The molecule has 0 bridgehead atoms. The molecule has 0 fully saturated rings. The first kappa shape index (κ1) is 15.5. The lowest BCUT2D eigenvalue weighted by molar-refractivity contribution is 0.134. The minimum Gasteiger partial charge on any atom is -0.506 e. The molecular weight excluding hydrogens is 275 g/mol. The van der Waals surface area contributed by atoms with Crippen LogP contribution in [0.5, 0.6) is 5.75 Å². The highest BCUT2D eigenvalue weighted by Gasteiger charge is 2.09. The molecule has 0 aliphatic rings. The van der Waals surface area contributed by atoms with E-state index < -0.39 is 6.10 Å². The number of phenols is 1. The van der Waals surface area contributed by atoms with E-state index in [0.29, 0.717) is 30.2 Å². The van der Waals surface area contributed by atoms with Crippen LogP contribution < -0.4 is 5.32 Å². The maximum atomic E-state index is 9.73. The number of rotatable bonds is 6. The number of aliphatic hydroxyl groups is 1. The van der Waals surface area contributed by atoms with Crippen molar-refractivity contribution in [2.24, 2.45) is 0 Å². The lowest BCUT2D eigenvalue weighted by Gasteiger charge is -2.16. The molecule has 4 nitrogen and oxygen atoms in total. The van der Waals surface area contributed by atoms with Gasteiger partial charge in [0, 0.05) is 30.2 Å². The van der Waals surface area contributed by atoms with Crippen LogP contribution in [0, 0.1) is 0 Å². The minimum atomic E-state index is -0.461. The Morgan fingerprint density at radius 1 is 1.33 bits per heavy atom. The lowest BCUT2D eigenvalue weighted by atomic mass is 10.2. The average molecular weight is 293 g/mol. The number of hydrogen-bond donors (Lipinski definition) is 3. The smallest absolute Gasteiger partial charge is 0.138 e. The molecular formula is C12H18Cl2N2O2. The zero-order valence-corrected chi connectivity index (χ0v) is 12.0. The number of halogens is 2. The van der Waals surface area contributed by atoms with Crippen molar-refractivity contribution in [2.75, 3.05) is 27.2 Å². The van der Waals surface area contributed by atoms with Gasteiger partial charge >= 0.3 is 0 Å². The molecule has 0 heterocycles. The quantitative estimate of drug-likeness (QED) is 0.747. The van der Waals surface area contributed by atoms with Gasteiger partial charge in [0.25, 0.3) is 0 Å². The first-order valence-electron chi connectivity index (χ1n) is 5.60. The summed E-state index contributed by atoms with van der Waals surface area (Å²) in [6.07, 6.45) is -0.461. The summed E-state index contributed by atoms with van der Waals surface area (Å²) in [4.78, 5) is 1.90. The molecule has 0 saturated heterocycles. The van der Waals surface area contributed by atoms with Crippen LogP contribution >= 0.6 is 23.2 Å². The molecule has 1 atom stereocenters. The van der Waals surface area contributed by atoms with Crippen molar-refractivity contribution >= 4 is 23.2 Å². The van der Waals surface area contributed by atoms with Crippen LogP contribution in [0.4, 0.5) is 0 Å². The van der Waals surface area contributed by atoms with Gasteiger partial charge in [0.05, 0.1) is 11.1 Å². The number of phenolic OH excluding ortho intramolecular Hbond substituents is 1. The number of nitrogens with zero attached hydrogens (tertiary/aromatic N) is 1. The topological polar surface area (TPSA) is 55.7 Å². The van der Waals surface area contributed by atoms with Crippen LogP contribution in [0.2, 0.25) is 10.0 Å². The molecule has 1 aromatic rings. The van der Waals surface area contributed by atoms with Gasteiger partial charge in [0.1, 0.15) is 5.75 Å². The summed E-state index contributed by atoms with van der Waals surface area (Å²) in [6, 6.07) is 3.14. The fourth-order valence-corrected chi connectivity index (χ4v) is 2.15. The van der Waals surface area contributed by atoms with Gasteiger partial charge in [-0.15, -0.1) is 0 Å². The lowest BCUT2D eigenvalue weighted by Crippen LogP contribution is -2.34. The van der Waals surface area contributed by atoms with Crippen molar-refractivity contribution < 1.29 is 10.2 Å². The van der Waals surface area contributed by atoms with Crippen LogP contribution in [0.1, 0.15) is 5.56 Å². The summed E-state index contributed by atoms with van der Waals surface area (Å²) in [5, 5.41) is 23.1. The van der Waals surface area contributed by atoms with Gasteiger partial charge in [-0.3, -0.25) is 0 Å². The second kappa shape index (κ2) is 7.16. The van der Waals surface area contributed by atoms with E-state index >= 15 is 0 Å². The summed E-state index contributed by atoms with van der Waals surface area (Å²) < 4.78 is 0. The Morgan fingerprint density at radius 3 is 2.61 bits per heavy atom. The maximum absolute atomic E-state index is 9.73. The van der Waals surface area contributed by atoms with Gasteiger partial charge in [-0.1, -0.05) is 23.2 Å². The van der Waals surface area contributed by atoms with Crippen molar-refractivity contribution in [3.8, 4) is 5.75 Å². The molecule has 18 heavy (non-hydrogen) atoms. The molecule has 1 rings (SSSR count). The molecule has 6 heteroatoms. The number of hydrogen-bond acceptors (Lipinski definition) is 4. The Balaban J connectivity index is 2.49. The van der Waals surface area contributed by atoms with E-state index in [2.05, 4.69) is 5.32 Å². The normalized spacial score (nSPS) is 13.0. The molecule has 0 amide bonds. The van der Waals surface area contributed by atoms with E-state index in [1.54, 1.807) is 6.07 Å². The third-order valence-electron chi connectivity index (χ3n) is 2.38. The Morgan fingerprint density at radius 2 is 2.00 bits per heavy atom. The maximum Gasteiger partial charge on any atom is 0.138 e. The van der Waals surface area contributed by atoms with E-state index in [1.165, 1.54) is 6.07 Å².